The van der Waals surface area contributed by atoms with Crippen LogP contribution >= 0.6 is 0 Å². The molecule has 0 unspecified atom stereocenters. The zero-order chi connectivity index (χ0) is 16.1. The lowest BCUT2D eigenvalue weighted by molar-refractivity contribution is 0.0952. The van der Waals surface area contributed by atoms with Crippen molar-refractivity contribution in [1.82, 2.24) is 5.43 Å². The number of rotatable bonds is 4. The van der Waals surface area contributed by atoms with Gasteiger partial charge in [-0.1, -0.05) is 0 Å². The Balaban J connectivity index is 2.05. The van der Waals surface area contributed by atoms with E-state index in [9.17, 15) is 15.0 Å². The minimum Gasteiger partial charge on any atom is -0.508 e. The molecule has 22 heavy (non-hydrogen) atoms. The molecule has 0 aliphatic heterocycles. The minimum atomic E-state index is -0.633. The Morgan fingerprint density at radius 3 is 2.55 bits per heavy atom. The number of benzene rings is 2. The molecule has 0 aromatic heterocycles. The second-order valence-electron chi connectivity index (χ2n) is 4.33. The lowest BCUT2D eigenvalue weighted by Crippen LogP contribution is -2.17. The molecule has 0 bridgehead atoms. The van der Waals surface area contributed by atoms with Crippen LogP contribution in [0.4, 0.5) is 0 Å². The van der Waals surface area contributed by atoms with Crippen LogP contribution < -0.4 is 10.2 Å². The maximum atomic E-state index is 11.8. The number of ether oxygens (including phenoxy) is 1. The van der Waals surface area contributed by atoms with E-state index in [0.29, 0.717) is 11.3 Å². The van der Waals surface area contributed by atoms with Crippen molar-refractivity contribution in [3.8, 4) is 23.0 Å². The standard InChI is InChI=1S/C15H14N2O5/c1-22-14-5-2-9(6-13(14)20)8-16-17-15(21)11-4-3-10(18)7-12(11)19/h2-8,18-20H,1H3,(H,17,21). The third-order valence-electron chi connectivity index (χ3n) is 2.81. The number of hydrogen-bond donors (Lipinski definition) is 4. The lowest BCUT2D eigenvalue weighted by atomic mass is 10.2. The number of carbonyl (C=O) groups is 1. The van der Waals surface area contributed by atoms with Gasteiger partial charge >= 0.3 is 0 Å². The van der Waals surface area contributed by atoms with E-state index >= 15 is 0 Å². The van der Waals surface area contributed by atoms with Crippen LogP contribution in [0.25, 0.3) is 0 Å². The van der Waals surface area contributed by atoms with Crippen molar-refractivity contribution in [2.24, 2.45) is 5.10 Å². The Labute approximate surface area is 126 Å². The van der Waals surface area contributed by atoms with Gasteiger partial charge in [-0.25, -0.2) is 5.43 Å². The zero-order valence-electron chi connectivity index (χ0n) is 11.6. The highest BCUT2D eigenvalue weighted by Gasteiger charge is 2.10. The predicted molar refractivity (Wildman–Crippen MR) is 79.5 cm³/mol. The van der Waals surface area contributed by atoms with E-state index in [4.69, 9.17) is 9.84 Å². The Kier molecular flexibility index (Phi) is 4.47. The van der Waals surface area contributed by atoms with E-state index in [1.165, 1.54) is 31.5 Å². The number of nitrogens with zero attached hydrogens (tertiary/aromatic N) is 1. The Bertz CT molecular complexity index is 728. The molecule has 7 nitrogen and oxygen atoms in total. The van der Waals surface area contributed by atoms with Crippen LogP contribution in [0.2, 0.25) is 0 Å². The van der Waals surface area contributed by atoms with Crippen molar-refractivity contribution in [3.05, 3.63) is 47.5 Å². The van der Waals surface area contributed by atoms with Gasteiger partial charge in [-0.05, 0) is 35.9 Å². The summed E-state index contributed by atoms with van der Waals surface area (Å²) in [5, 5.41) is 32.0. The molecule has 2 aromatic rings. The molecule has 2 rings (SSSR count). The zero-order valence-corrected chi connectivity index (χ0v) is 11.6. The molecule has 0 atom stereocenters. The molecule has 0 spiro atoms. The van der Waals surface area contributed by atoms with Crippen molar-refractivity contribution >= 4 is 12.1 Å². The van der Waals surface area contributed by atoms with E-state index < -0.39 is 5.91 Å². The molecular weight excluding hydrogens is 288 g/mol. The number of carbonyl (C=O) groups excluding carboxylic acids is 1. The Morgan fingerprint density at radius 1 is 1.14 bits per heavy atom. The van der Waals surface area contributed by atoms with E-state index in [0.717, 1.165) is 6.07 Å². The van der Waals surface area contributed by atoms with Crippen molar-refractivity contribution < 1.29 is 24.9 Å². The molecule has 0 aliphatic carbocycles. The van der Waals surface area contributed by atoms with E-state index in [1.54, 1.807) is 12.1 Å². The number of hydrogen-bond acceptors (Lipinski definition) is 6. The molecule has 1 amide bonds. The van der Waals surface area contributed by atoms with Gasteiger partial charge in [0.2, 0.25) is 0 Å². The summed E-state index contributed by atoms with van der Waals surface area (Å²) in [6, 6.07) is 8.23. The van der Waals surface area contributed by atoms with Crippen molar-refractivity contribution in [1.29, 1.82) is 0 Å². The molecule has 2 aromatic carbocycles. The first-order chi connectivity index (χ1) is 10.5. The summed E-state index contributed by atoms with van der Waals surface area (Å²) < 4.78 is 4.91. The average Bonchev–Trinajstić information content (AvgIpc) is 2.47. The van der Waals surface area contributed by atoms with Gasteiger partial charge in [0.25, 0.3) is 5.91 Å². The highest BCUT2D eigenvalue weighted by molar-refractivity contribution is 5.97. The van der Waals surface area contributed by atoms with Crippen LogP contribution in [0.3, 0.4) is 0 Å². The fourth-order valence-corrected chi connectivity index (χ4v) is 1.73. The highest BCUT2D eigenvalue weighted by atomic mass is 16.5. The number of methoxy groups -OCH3 is 1. The summed E-state index contributed by atoms with van der Waals surface area (Å²) in [6.07, 6.45) is 1.33. The van der Waals surface area contributed by atoms with Gasteiger partial charge in [-0.2, -0.15) is 5.10 Å². The molecular formula is C15H14N2O5. The topological polar surface area (TPSA) is 111 Å². The molecule has 0 fully saturated rings. The van der Waals surface area contributed by atoms with Crippen LogP contribution in [-0.4, -0.2) is 34.6 Å². The van der Waals surface area contributed by atoms with Crippen LogP contribution in [0.15, 0.2) is 41.5 Å². The fraction of sp³-hybridized carbons (Fsp3) is 0.0667. The van der Waals surface area contributed by atoms with Crippen LogP contribution in [0.5, 0.6) is 23.0 Å². The number of nitrogens with one attached hydrogen (secondary N) is 1. The summed E-state index contributed by atoms with van der Waals surface area (Å²) >= 11 is 0. The Hall–Kier alpha value is -3.22. The molecule has 7 heteroatoms. The quantitative estimate of drug-likeness (QED) is 0.506. The largest absolute Gasteiger partial charge is 0.508 e. The van der Waals surface area contributed by atoms with Gasteiger partial charge < -0.3 is 20.1 Å². The third kappa shape index (κ3) is 3.45. The summed E-state index contributed by atoms with van der Waals surface area (Å²) in [6.45, 7) is 0. The normalized spacial score (nSPS) is 10.6. The van der Waals surface area contributed by atoms with E-state index in [2.05, 4.69) is 10.5 Å². The summed E-state index contributed by atoms with van der Waals surface area (Å²) in [4.78, 5) is 11.8. The minimum absolute atomic E-state index is 0.0208. The highest BCUT2D eigenvalue weighted by Crippen LogP contribution is 2.25. The first-order valence-electron chi connectivity index (χ1n) is 6.23. The third-order valence-corrected chi connectivity index (χ3v) is 2.81. The van der Waals surface area contributed by atoms with Crippen molar-refractivity contribution in [2.75, 3.05) is 7.11 Å². The summed E-state index contributed by atoms with van der Waals surface area (Å²) in [7, 11) is 1.44. The Morgan fingerprint density at radius 2 is 1.91 bits per heavy atom. The van der Waals surface area contributed by atoms with Gasteiger partial charge in [-0.15, -0.1) is 0 Å². The molecule has 0 heterocycles. The van der Waals surface area contributed by atoms with Gasteiger partial charge in [0.1, 0.15) is 11.5 Å². The lowest BCUT2D eigenvalue weighted by Gasteiger charge is -2.04. The van der Waals surface area contributed by atoms with Gasteiger partial charge in [0.05, 0.1) is 18.9 Å². The second kappa shape index (κ2) is 6.49. The number of amides is 1. The number of hydrazone groups is 1. The van der Waals surface area contributed by atoms with Crippen LogP contribution in [0, 0.1) is 0 Å². The monoisotopic (exact) mass is 302 g/mol. The molecule has 4 N–H and O–H groups in total. The number of phenolic OH excluding ortho intramolecular Hbond substituents is 3. The molecule has 0 saturated heterocycles. The fourth-order valence-electron chi connectivity index (χ4n) is 1.73. The molecule has 0 aliphatic rings. The van der Waals surface area contributed by atoms with Crippen LogP contribution in [0.1, 0.15) is 15.9 Å². The second-order valence-corrected chi connectivity index (χ2v) is 4.33. The maximum absolute atomic E-state index is 11.8. The van der Waals surface area contributed by atoms with Gasteiger partial charge in [0, 0.05) is 6.07 Å². The van der Waals surface area contributed by atoms with Crippen molar-refractivity contribution in [3.63, 3.8) is 0 Å². The van der Waals surface area contributed by atoms with Gasteiger partial charge in [0.15, 0.2) is 11.5 Å². The first-order valence-corrected chi connectivity index (χ1v) is 6.23. The predicted octanol–water partition coefficient (Wildman–Crippen LogP) is 1.58. The SMILES string of the molecule is COc1ccc(C=NNC(=O)c2ccc(O)cc2O)cc1O. The van der Waals surface area contributed by atoms with E-state index in [-0.39, 0.29) is 22.8 Å². The number of phenols is 3. The first kappa shape index (κ1) is 15.2. The smallest absolute Gasteiger partial charge is 0.275 e. The number of aromatic hydroxyl groups is 3. The summed E-state index contributed by atoms with van der Waals surface area (Å²) in [5.41, 5.74) is 2.76. The van der Waals surface area contributed by atoms with Gasteiger partial charge in [-0.3, -0.25) is 4.79 Å². The van der Waals surface area contributed by atoms with Crippen molar-refractivity contribution in [2.45, 2.75) is 0 Å². The molecule has 0 radical (unpaired) electrons. The summed E-state index contributed by atoms with van der Waals surface area (Å²) in [5.74, 6) is -0.850. The average molecular weight is 302 g/mol. The van der Waals surface area contributed by atoms with Crippen LogP contribution in [-0.2, 0) is 0 Å². The molecule has 114 valence electrons. The van der Waals surface area contributed by atoms with E-state index in [1.807, 2.05) is 0 Å². The maximum Gasteiger partial charge on any atom is 0.275 e. The molecule has 0 saturated carbocycles.